The van der Waals surface area contributed by atoms with Gasteiger partial charge in [0.25, 0.3) is 0 Å². The van der Waals surface area contributed by atoms with E-state index in [1.54, 1.807) is 0 Å². The first kappa shape index (κ1) is 12.5. The summed E-state index contributed by atoms with van der Waals surface area (Å²) in [7, 11) is 0. The van der Waals surface area contributed by atoms with Gasteiger partial charge < -0.3 is 10.0 Å². The van der Waals surface area contributed by atoms with E-state index >= 15 is 0 Å². The molecule has 1 fully saturated rings. The summed E-state index contributed by atoms with van der Waals surface area (Å²) in [5, 5.41) is 9.66. The van der Waals surface area contributed by atoms with Crippen molar-refractivity contribution in [1.82, 2.24) is 4.90 Å². The van der Waals surface area contributed by atoms with Gasteiger partial charge in [-0.15, -0.1) is 0 Å². The predicted molar refractivity (Wildman–Crippen MR) is 60.6 cm³/mol. The van der Waals surface area contributed by atoms with E-state index < -0.39 is 0 Å². The fraction of sp³-hybridized carbons (Fsp3) is 0.917. The topological polar surface area (TPSA) is 40.5 Å². The average molecular weight is 213 g/mol. The quantitative estimate of drug-likeness (QED) is 0.732. The summed E-state index contributed by atoms with van der Waals surface area (Å²) < 4.78 is 0. The van der Waals surface area contributed by atoms with Gasteiger partial charge in [-0.1, -0.05) is 20.3 Å². The third kappa shape index (κ3) is 3.49. The molecule has 1 heterocycles. The summed E-state index contributed by atoms with van der Waals surface area (Å²) in [5.41, 5.74) is 0. The third-order valence-electron chi connectivity index (χ3n) is 3.19. The van der Waals surface area contributed by atoms with E-state index in [9.17, 15) is 9.90 Å². The highest BCUT2D eigenvalue weighted by atomic mass is 16.3. The van der Waals surface area contributed by atoms with E-state index in [2.05, 4.69) is 6.92 Å². The lowest BCUT2D eigenvalue weighted by atomic mass is 10.0. The molecule has 15 heavy (non-hydrogen) atoms. The van der Waals surface area contributed by atoms with E-state index in [-0.39, 0.29) is 18.1 Å². The molecule has 0 spiro atoms. The standard InChI is InChI=1S/C12H23NO2/c1-3-6-10(9-11(14)4-2)13-8-5-7-12(13)15/h10-11,14H,3-9H2,1-2H3. The van der Waals surface area contributed by atoms with E-state index in [4.69, 9.17) is 0 Å². The second-order valence-electron chi connectivity index (χ2n) is 4.43. The number of nitrogens with zero attached hydrogens (tertiary/aromatic N) is 1. The summed E-state index contributed by atoms with van der Waals surface area (Å²) in [4.78, 5) is 13.6. The van der Waals surface area contributed by atoms with Crippen LogP contribution in [0.25, 0.3) is 0 Å². The van der Waals surface area contributed by atoms with E-state index in [0.29, 0.717) is 6.42 Å². The van der Waals surface area contributed by atoms with Gasteiger partial charge in [0.2, 0.25) is 5.91 Å². The number of aliphatic hydroxyl groups excluding tert-OH is 1. The smallest absolute Gasteiger partial charge is 0.222 e. The first-order valence-electron chi connectivity index (χ1n) is 6.16. The molecular formula is C12H23NO2. The lowest BCUT2D eigenvalue weighted by Gasteiger charge is -2.29. The number of carbonyl (C=O) groups is 1. The molecule has 0 aromatic carbocycles. The van der Waals surface area contributed by atoms with Crippen LogP contribution in [-0.4, -0.2) is 34.6 Å². The third-order valence-corrected chi connectivity index (χ3v) is 3.19. The number of aliphatic hydroxyl groups is 1. The molecule has 0 saturated carbocycles. The first-order chi connectivity index (χ1) is 7.19. The SMILES string of the molecule is CCCC(CC(O)CC)N1CCCC1=O. The van der Waals surface area contributed by atoms with Gasteiger partial charge in [0.15, 0.2) is 0 Å². The predicted octanol–water partition coefficient (Wildman–Crippen LogP) is 1.94. The van der Waals surface area contributed by atoms with Gasteiger partial charge in [0, 0.05) is 19.0 Å². The molecule has 3 heteroatoms. The molecule has 0 aromatic rings. The molecule has 1 amide bonds. The van der Waals surface area contributed by atoms with Crippen molar-refractivity contribution in [3.05, 3.63) is 0 Å². The Labute approximate surface area is 92.5 Å². The fourth-order valence-corrected chi connectivity index (χ4v) is 2.27. The Morgan fingerprint density at radius 3 is 2.67 bits per heavy atom. The maximum atomic E-state index is 11.6. The van der Waals surface area contributed by atoms with Gasteiger partial charge in [-0.05, 0) is 25.7 Å². The number of likely N-dealkylation sites (tertiary alicyclic amines) is 1. The highest BCUT2D eigenvalue weighted by Crippen LogP contribution is 2.21. The molecule has 1 aliphatic rings. The lowest BCUT2D eigenvalue weighted by Crippen LogP contribution is -2.38. The Kier molecular flexibility index (Phi) is 5.09. The van der Waals surface area contributed by atoms with Crippen LogP contribution in [0.1, 0.15) is 52.4 Å². The van der Waals surface area contributed by atoms with Crippen molar-refractivity contribution < 1.29 is 9.90 Å². The minimum atomic E-state index is -0.255. The maximum absolute atomic E-state index is 11.6. The van der Waals surface area contributed by atoms with Crippen LogP contribution in [0.3, 0.4) is 0 Å². The van der Waals surface area contributed by atoms with Crippen molar-refractivity contribution in [3.8, 4) is 0 Å². The number of rotatable bonds is 6. The highest BCUT2D eigenvalue weighted by Gasteiger charge is 2.28. The maximum Gasteiger partial charge on any atom is 0.222 e. The summed E-state index contributed by atoms with van der Waals surface area (Å²) in [6, 6.07) is 0.264. The van der Waals surface area contributed by atoms with Crippen LogP contribution in [0.2, 0.25) is 0 Å². The molecule has 1 aliphatic heterocycles. The van der Waals surface area contributed by atoms with Crippen molar-refractivity contribution in [3.63, 3.8) is 0 Å². The number of amides is 1. The molecular weight excluding hydrogens is 190 g/mol. The minimum absolute atomic E-state index is 0.255. The normalized spacial score (nSPS) is 20.7. The molecule has 0 bridgehead atoms. The second kappa shape index (κ2) is 6.11. The van der Waals surface area contributed by atoms with E-state index in [0.717, 1.165) is 38.6 Å². The van der Waals surface area contributed by atoms with Crippen LogP contribution < -0.4 is 0 Å². The summed E-state index contributed by atoms with van der Waals surface area (Å²) in [5.74, 6) is 0.275. The number of carbonyl (C=O) groups excluding carboxylic acids is 1. The van der Waals surface area contributed by atoms with Crippen molar-refractivity contribution in [2.75, 3.05) is 6.54 Å². The summed E-state index contributed by atoms with van der Waals surface area (Å²) in [6.07, 6.45) is 5.05. The Balaban J connectivity index is 2.52. The van der Waals surface area contributed by atoms with Gasteiger partial charge in [-0.25, -0.2) is 0 Å². The molecule has 1 N–H and O–H groups in total. The minimum Gasteiger partial charge on any atom is -0.393 e. The largest absolute Gasteiger partial charge is 0.393 e. The van der Waals surface area contributed by atoms with Gasteiger partial charge in [0.05, 0.1) is 6.10 Å². The first-order valence-corrected chi connectivity index (χ1v) is 6.16. The second-order valence-corrected chi connectivity index (χ2v) is 4.43. The van der Waals surface area contributed by atoms with Crippen LogP contribution in [0.5, 0.6) is 0 Å². The van der Waals surface area contributed by atoms with Crippen LogP contribution >= 0.6 is 0 Å². The zero-order valence-corrected chi connectivity index (χ0v) is 9.91. The molecule has 1 rings (SSSR count). The van der Waals surface area contributed by atoms with Crippen LogP contribution in [0, 0.1) is 0 Å². The molecule has 3 nitrogen and oxygen atoms in total. The molecule has 88 valence electrons. The zero-order chi connectivity index (χ0) is 11.3. The Bertz CT molecular complexity index is 206. The Morgan fingerprint density at radius 1 is 1.47 bits per heavy atom. The van der Waals surface area contributed by atoms with Crippen molar-refractivity contribution in [1.29, 1.82) is 0 Å². The number of hydrogen-bond donors (Lipinski definition) is 1. The summed E-state index contributed by atoms with van der Waals surface area (Å²) in [6.45, 7) is 5.01. The Morgan fingerprint density at radius 2 is 2.20 bits per heavy atom. The fourth-order valence-electron chi connectivity index (χ4n) is 2.27. The number of hydrogen-bond acceptors (Lipinski definition) is 2. The lowest BCUT2D eigenvalue weighted by molar-refractivity contribution is -0.130. The molecule has 0 aliphatic carbocycles. The molecule has 2 atom stereocenters. The summed E-state index contributed by atoms with van der Waals surface area (Å²) >= 11 is 0. The van der Waals surface area contributed by atoms with Crippen LogP contribution in [-0.2, 0) is 4.79 Å². The molecule has 2 unspecified atom stereocenters. The van der Waals surface area contributed by atoms with Gasteiger partial charge in [-0.3, -0.25) is 4.79 Å². The Hall–Kier alpha value is -0.570. The van der Waals surface area contributed by atoms with Gasteiger partial charge >= 0.3 is 0 Å². The zero-order valence-electron chi connectivity index (χ0n) is 9.91. The van der Waals surface area contributed by atoms with Gasteiger partial charge in [0.1, 0.15) is 0 Å². The average Bonchev–Trinajstić information content (AvgIpc) is 2.63. The van der Waals surface area contributed by atoms with E-state index in [1.165, 1.54) is 0 Å². The van der Waals surface area contributed by atoms with E-state index in [1.807, 2.05) is 11.8 Å². The highest BCUT2D eigenvalue weighted by molar-refractivity contribution is 5.78. The molecule has 1 saturated heterocycles. The van der Waals surface area contributed by atoms with Crippen molar-refractivity contribution in [2.45, 2.75) is 64.5 Å². The van der Waals surface area contributed by atoms with Crippen molar-refractivity contribution >= 4 is 5.91 Å². The van der Waals surface area contributed by atoms with Gasteiger partial charge in [-0.2, -0.15) is 0 Å². The molecule has 0 aromatic heterocycles. The molecule has 0 radical (unpaired) electrons. The van der Waals surface area contributed by atoms with Crippen molar-refractivity contribution in [2.24, 2.45) is 0 Å². The monoisotopic (exact) mass is 213 g/mol. The van der Waals surface area contributed by atoms with Crippen LogP contribution in [0.4, 0.5) is 0 Å². The van der Waals surface area contributed by atoms with Crippen LogP contribution in [0.15, 0.2) is 0 Å².